The van der Waals surface area contributed by atoms with Crippen molar-refractivity contribution in [3.05, 3.63) is 22.6 Å². The van der Waals surface area contributed by atoms with Gasteiger partial charge < -0.3 is 9.67 Å². The summed E-state index contributed by atoms with van der Waals surface area (Å²) >= 11 is 2.76. The third kappa shape index (κ3) is 4.43. The van der Waals surface area contributed by atoms with E-state index in [2.05, 4.69) is 4.98 Å². The van der Waals surface area contributed by atoms with Crippen molar-refractivity contribution in [2.24, 2.45) is 0 Å². The normalized spacial score (nSPS) is 12.4. The molecule has 0 fully saturated rings. The number of rotatable bonds is 6. The second-order valence-electron chi connectivity index (χ2n) is 3.44. The highest BCUT2D eigenvalue weighted by molar-refractivity contribution is 7.99. The van der Waals surface area contributed by atoms with E-state index in [-0.39, 0.29) is 17.4 Å². The highest BCUT2D eigenvalue weighted by atomic mass is 32.2. The first-order chi connectivity index (χ1) is 8.04. The molecule has 1 rings (SSSR count). The molecule has 0 saturated carbocycles. The van der Waals surface area contributed by atoms with E-state index in [4.69, 9.17) is 5.11 Å². The van der Waals surface area contributed by atoms with Crippen molar-refractivity contribution in [2.75, 3.05) is 17.8 Å². The van der Waals surface area contributed by atoms with Gasteiger partial charge in [0, 0.05) is 24.1 Å². The molecular weight excluding hydrogens is 260 g/mol. The number of carboxylic acids is 1. The third-order valence-corrected chi connectivity index (χ3v) is 3.78. The Kier molecular flexibility index (Phi) is 5.57. The molecule has 0 aliphatic heterocycles. The van der Waals surface area contributed by atoms with E-state index in [0.29, 0.717) is 5.16 Å². The molecule has 7 heteroatoms. The molecule has 1 aromatic rings. The maximum atomic E-state index is 11.2. The lowest BCUT2D eigenvalue weighted by molar-refractivity contribution is -0.133. The SMILES string of the molecule is CSCC(C)n1ccc(=O)nc1SCC(=O)O. The van der Waals surface area contributed by atoms with Gasteiger partial charge in [-0.15, -0.1) is 0 Å². The Morgan fingerprint density at radius 3 is 2.94 bits per heavy atom. The van der Waals surface area contributed by atoms with Gasteiger partial charge in [0.05, 0.1) is 5.75 Å². The standard InChI is InChI=1S/C10H14N2O3S2/c1-7(5-16-2)12-4-3-8(13)11-10(12)17-6-9(14)15/h3-4,7H,5-6H2,1-2H3,(H,14,15). The second kappa shape index (κ2) is 6.70. The van der Waals surface area contributed by atoms with Gasteiger partial charge in [-0.3, -0.25) is 9.59 Å². The van der Waals surface area contributed by atoms with Crippen LogP contribution in [0.1, 0.15) is 13.0 Å². The molecule has 1 unspecified atom stereocenters. The van der Waals surface area contributed by atoms with Crippen LogP contribution in [-0.4, -0.2) is 38.4 Å². The summed E-state index contributed by atoms with van der Waals surface area (Å²) in [7, 11) is 0. The van der Waals surface area contributed by atoms with Crippen LogP contribution in [0.4, 0.5) is 0 Å². The molecule has 5 nitrogen and oxygen atoms in total. The fraction of sp³-hybridized carbons (Fsp3) is 0.500. The maximum absolute atomic E-state index is 11.2. The van der Waals surface area contributed by atoms with Gasteiger partial charge in [0.25, 0.3) is 5.56 Å². The molecule has 1 N–H and O–H groups in total. The Morgan fingerprint density at radius 1 is 1.65 bits per heavy atom. The smallest absolute Gasteiger partial charge is 0.313 e. The van der Waals surface area contributed by atoms with Crippen LogP contribution in [0.5, 0.6) is 0 Å². The van der Waals surface area contributed by atoms with E-state index in [1.165, 1.54) is 6.07 Å². The minimum Gasteiger partial charge on any atom is -0.481 e. The van der Waals surface area contributed by atoms with E-state index >= 15 is 0 Å². The molecule has 0 aliphatic rings. The molecule has 0 aromatic carbocycles. The van der Waals surface area contributed by atoms with Gasteiger partial charge >= 0.3 is 5.97 Å². The lowest BCUT2D eigenvalue weighted by Crippen LogP contribution is -2.18. The van der Waals surface area contributed by atoms with E-state index < -0.39 is 5.97 Å². The number of aromatic nitrogens is 2. The summed E-state index contributed by atoms with van der Waals surface area (Å²) in [5, 5.41) is 9.10. The zero-order valence-electron chi connectivity index (χ0n) is 9.62. The number of nitrogens with zero attached hydrogens (tertiary/aromatic N) is 2. The fourth-order valence-electron chi connectivity index (χ4n) is 1.29. The number of carboxylic acid groups (broad SMARTS) is 1. The first-order valence-corrected chi connectivity index (χ1v) is 7.35. The van der Waals surface area contributed by atoms with Crippen LogP contribution in [0.25, 0.3) is 0 Å². The number of hydrogen-bond donors (Lipinski definition) is 1. The van der Waals surface area contributed by atoms with E-state index in [9.17, 15) is 9.59 Å². The number of carbonyl (C=O) groups is 1. The molecule has 94 valence electrons. The molecular formula is C10H14N2O3S2. The van der Waals surface area contributed by atoms with Gasteiger partial charge in [-0.05, 0) is 13.2 Å². The highest BCUT2D eigenvalue weighted by Crippen LogP contribution is 2.20. The largest absolute Gasteiger partial charge is 0.481 e. The number of aliphatic carboxylic acids is 1. The van der Waals surface area contributed by atoms with Crippen LogP contribution >= 0.6 is 23.5 Å². The third-order valence-electron chi connectivity index (χ3n) is 2.01. The summed E-state index contributed by atoms with van der Waals surface area (Å²) in [4.78, 5) is 25.5. The molecule has 1 aromatic heterocycles. The van der Waals surface area contributed by atoms with Crippen molar-refractivity contribution in [3.63, 3.8) is 0 Å². The molecule has 0 aliphatic carbocycles. The van der Waals surface area contributed by atoms with Crippen molar-refractivity contribution < 1.29 is 9.90 Å². The van der Waals surface area contributed by atoms with E-state index in [0.717, 1.165) is 17.5 Å². The van der Waals surface area contributed by atoms with Crippen LogP contribution in [0.3, 0.4) is 0 Å². The Labute approximate surface area is 108 Å². The molecule has 0 saturated heterocycles. The maximum Gasteiger partial charge on any atom is 0.313 e. The second-order valence-corrected chi connectivity index (χ2v) is 5.30. The summed E-state index contributed by atoms with van der Waals surface area (Å²) in [6.45, 7) is 2.01. The van der Waals surface area contributed by atoms with Gasteiger partial charge in [-0.1, -0.05) is 11.8 Å². The van der Waals surface area contributed by atoms with Crippen LogP contribution < -0.4 is 5.56 Å². The molecule has 17 heavy (non-hydrogen) atoms. The summed E-state index contributed by atoms with van der Waals surface area (Å²) in [5.74, 6) is -0.134. The minimum absolute atomic E-state index is 0.0948. The molecule has 1 heterocycles. The van der Waals surface area contributed by atoms with Gasteiger partial charge in [-0.25, -0.2) is 0 Å². The van der Waals surface area contributed by atoms with Gasteiger partial charge in [0.15, 0.2) is 5.16 Å². The van der Waals surface area contributed by atoms with Crippen LogP contribution in [0.2, 0.25) is 0 Å². The summed E-state index contributed by atoms with van der Waals surface area (Å²) in [5.41, 5.74) is -0.342. The van der Waals surface area contributed by atoms with Crippen molar-refractivity contribution in [3.8, 4) is 0 Å². The lowest BCUT2D eigenvalue weighted by atomic mass is 10.4. The summed E-state index contributed by atoms with van der Waals surface area (Å²) in [6, 6.07) is 1.57. The number of hydrogen-bond acceptors (Lipinski definition) is 5. The van der Waals surface area contributed by atoms with Gasteiger partial charge in [0.2, 0.25) is 0 Å². The van der Waals surface area contributed by atoms with Crippen LogP contribution in [0.15, 0.2) is 22.2 Å². The summed E-state index contributed by atoms with van der Waals surface area (Å²) < 4.78 is 1.84. The van der Waals surface area contributed by atoms with Crippen LogP contribution in [0, 0.1) is 0 Å². The average Bonchev–Trinajstić information content (AvgIpc) is 2.26. The quantitative estimate of drug-likeness (QED) is 0.623. The Morgan fingerprint density at radius 2 is 2.35 bits per heavy atom. The topological polar surface area (TPSA) is 72.2 Å². The Bertz CT molecular complexity index is 447. The van der Waals surface area contributed by atoms with E-state index in [1.54, 1.807) is 18.0 Å². The van der Waals surface area contributed by atoms with Crippen molar-refractivity contribution >= 4 is 29.5 Å². The predicted octanol–water partition coefficient (Wildman–Crippen LogP) is 1.34. The van der Waals surface area contributed by atoms with Crippen LogP contribution in [-0.2, 0) is 4.79 Å². The molecule has 0 bridgehead atoms. The molecule has 1 atom stereocenters. The zero-order chi connectivity index (χ0) is 12.8. The first kappa shape index (κ1) is 14.1. The van der Waals surface area contributed by atoms with Crippen molar-refractivity contribution in [2.45, 2.75) is 18.1 Å². The highest BCUT2D eigenvalue weighted by Gasteiger charge is 2.11. The molecule has 0 amide bonds. The van der Waals surface area contributed by atoms with Crippen molar-refractivity contribution in [1.82, 2.24) is 9.55 Å². The van der Waals surface area contributed by atoms with E-state index in [1.807, 2.05) is 17.7 Å². The molecule has 0 radical (unpaired) electrons. The monoisotopic (exact) mass is 274 g/mol. The predicted molar refractivity (Wildman–Crippen MR) is 69.9 cm³/mol. The minimum atomic E-state index is -0.919. The lowest BCUT2D eigenvalue weighted by Gasteiger charge is -2.17. The summed E-state index contributed by atoms with van der Waals surface area (Å²) in [6.07, 6.45) is 3.66. The number of thioether (sulfide) groups is 2. The Hall–Kier alpha value is -0.950. The molecule has 0 spiro atoms. The first-order valence-electron chi connectivity index (χ1n) is 4.97. The van der Waals surface area contributed by atoms with Gasteiger partial charge in [0.1, 0.15) is 0 Å². The van der Waals surface area contributed by atoms with Gasteiger partial charge in [-0.2, -0.15) is 16.7 Å². The zero-order valence-corrected chi connectivity index (χ0v) is 11.3. The Balaban J connectivity index is 2.94. The average molecular weight is 274 g/mol. The van der Waals surface area contributed by atoms with Crippen molar-refractivity contribution in [1.29, 1.82) is 0 Å². The fourth-order valence-corrected chi connectivity index (χ4v) is 2.73.